The third-order valence-electron chi connectivity index (χ3n) is 4.98. The van der Waals surface area contributed by atoms with Crippen LogP contribution in [0.4, 0.5) is 0 Å². The molecule has 5 heteroatoms. The number of carbonyl (C=O) groups is 2. The second-order valence-corrected chi connectivity index (χ2v) is 7.37. The Morgan fingerprint density at radius 1 is 1.07 bits per heavy atom. The van der Waals surface area contributed by atoms with E-state index in [-0.39, 0.29) is 18.4 Å². The minimum Gasteiger partial charge on any atom is -0.484 e. The zero-order valence-electron chi connectivity index (χ0n) is 17.9. The lowest BCUT2D eigenvalue weighted by molar-refractivity contribution is -0.142. The van der Waals surface area contributed by atoms with Gasteiger partial charge in [0, 0.05) is 13.1 Å². The van der Waals surface area contributed by atoms with Crippen LogP contribution in [0.25, 0.3) is 0 Å². The number of amides is 2. The molecule has 2 aromatic carbocycles. The van der Waals surface area contributed by atoms with E-state index in [1.165, 1.54) is 0 Å². The normalized spacial score (nSPS) is 11.6. The summed E-state index contributed by atoms with van der Waals surface area (Å²) in [5.74, 6) is 0.280. The van der Waals surface area contributed by atoms with Crippen molar-refractivity contribution in [1.29, 1.82) is 0 Å². The SMILES string of the molecule is CCCCNC(=O)C(C)N(Cc1ccccc1C)C(=O)COc1ccc(C)cc1. The quantitative estimate of drug-likeness (QED) is 0.617. The summed E-state index contributed by atoms with van der Waals surface area (Å²) in [4.78, 5) is 27.2. The predicted octanol–water partition coefficient (Wildman–Crippen LogP) is 4.02. The van der Waals surface area contributed by atoms with Crippen molar-refractivity contribution in [3.8, 4) is 5.75 Å². The van der Waals surface area contributed by atoms with Gasteiger partial charge in [0.2, 0.25) is 5.91 Å². The van der Waals surface area contributed by atoms with Gasteiger partial charge < -0.3 is 15.0 Å². The van der Waals surface area contributed by atoms with Crippen molar-refractivity contribution in [2.45, 2.75) is 53.1 Å². The molecule has 1 unspecified atom stereocenters. The van der Waals surface area contributed by atoms with Crippen LogP contribution in [0.15, 0.2) is 48.5 Å². The second kappa shape index (κ2) is 11.2. The monoisotopic (exact) mass is 396 g/mol. The summed E-state index contributed by atoms with van der Waals surface area (Å²) in [6, 6.07) is 14.9. The Morgan fingerprint density at radius 3 is 2.41 bits per heavy atom. The predicted molar refractivity (Wildman–Crippen MR) is 116 cm³/mol. The van der Waals surface area contributed by atoms with E-state index >= 15 is 0 Å². The van der Waals surface area contributed by atoms with Crippen LogP contribution >= 0.6 is 0 Å². The molecule has 0 aromatic heterocycles. The van der Waals surface area contributed by atoms with Gasteiger partial charge in [0.1, 0.15) is 11.8 Å². The van der Waals surface area contributed by atoms with E-state index in [0.29, 0.717) is 18.8 Å². The number of hydrogen-bond acceptors (Lipinski definition) is 3. The molecule has 0 heterocycles. The third-order valence-corrected chi connectivity index (χ3v) is 4.98. The minimum atomic E-state index is -0.583. The smallest absolute Gasteiger partial charge is 0.261 e. The molecule has 2 amide bonds. The van der Waals surface area contributed by atoms with Crippen LogP contribution in [0.5, 0.6) is 5.75 Å². The molecule has 0 aliphatic rings. The van der Waals surface area contributed by atoms with Crippen molar-refractivity contribution in [3.05, 3.63) is 65.2 Å². The van der Waals surface area contributed by atoms with Gasteiger partial charge in [-0.3, -0.25) is 9.59 Å². The van der Waals surface area contributed by atoms with Gasteiger partial charge >= 0.3 is 0 Å². The number of carbonyl (C=O) groups excluding carboxylic acids is 2. The Kier molecular flexibility index (Phi) is 8.71. The Morgan fingerprint density at radius 2 is 1.76 bits per heavy atom. The molecule has 2 aromatic rings. The molecule has 29 heavy (non-hydrogen) atoms. The highest BCUT2D eigenvalue weighted by Crippen LogP contribution is 2.15. The number of unbranched alkanes of at least 4 members (excludes halogenated alkanes) is 1. The molecule has 2 rings (SSSR count). The molecular weight excluding hydrogens is 364 g/mol. The first kappa shape index (κ1) is 22.5. The van der Waals surface area contributed by atoms with E-state index in [4.69, 9.17) is 4.74 Å². The van der Waals surface area contributed by atoms with Crippen LogP contribution in [-0.4, -0.2) is 35.9 Å². The average molecular weight is 397 g/mol. The molecule has 0 bridgehead atoms. The summed E-state index contributed by atoms with van der Waals surface area (Å²) < 4.78 is 5.68. The van der Waals surface area contributed by atoms with Crippen LogP contribution in [0, 0.1) is 13.8 Å². The molecule has 5 nitrogen and oxygen atoms in total. The van der Waals surface area contributed by atoms with E-state index in [1.54, 1.807) is 11.8 Å². The Bertz CT molecular complexity index is 802. The van der Waals surface area contributed by atoms with Crippen LogP contribution in [-0.2, 0) is 16.1 Å². The van der Waals surface area contributed by atoms with E-state index < -0.39 is 6.04 Å². The molecule has 0 fully saturated rings. The van der Waals surface area contributed by atoms with Crippen molar-refractivity contribution in [3.63, 3.8) is 0 Å². The standard InChI is InChI=1S/C24H32N2O3/c1-5-6-15-25-24(28)20(4)26(16-21-10-8-7-9-19(21)3)23(27)17-29-22-13-11-18(2)12-14-22/h7-14,20H,5-6,15-17H2,1-4H3,(H,25,28). The number of nitrogens with one attached hydrogen (secondary N) is 1. The van der Waals surface area contributed by atoms with Gasteiger partial charge in [-0.1, -0.05) is 55.3 Å². The fraction of sp³-hybridized carbons (Fsp3) is 0.417. The first-order valence-corrected chi connectivity index (χ1v) is 10.2. The van der Waals surface area contributed by atoms with Crippen molar-refractivity contribution >= 4 is 11.8 Å². The van der Waals surface area contributed by atoms with Crippen molar-refractivity contribution in [2.75, 3.05) is 13.2 Å². The highest BCUT2D eigenvalue weighted by atomic mass is 16.5. The summed E-state index contributed by atoms with van der Waals surface area (Å²) in [6.45, 7) is 8.72. The van der Waals surface area contributed by atoms with Gasteiger partial charge in [-0.25, -0.2) is 0 Å². The Labute approximate surface area is 174 Å². The van der Waals surface area contributed by atoms with E-state index in [2.05, 4.69) is 12.2 Å². The first-order valence-electron chi connectivity index (χ1n) is 10.2. The van der Waals surface area contributed by atoms with Gasteiger partial charge in [-0.05, 0) is 50.5 Å². The van der Waals surface area contributed by atoms with Crippen molar-refractivity contribution in [2.24, 2.45) is 0 Å². The molecular formula is C24H32N2O3. The zero-order chi connectivity index (χ0) is 21.2. The summed E-state index contributed by atoms with van der Waals surface area (Å²) in [6.07, 6.45) is 1.92. The summed E-state index contributed by atoms with van der Waals surface area (Å²) >= 11 is 0. The highest BCUT2D eigenvalue weighted by molar-refractivity contribution is 5.88. The maximum atomic E-state index is 13.0. The third kappa shape index (κ3) is 6.93. The number of aryl methyl sites for hydroxylation is 2. The molecule has 0 aliphatic heterocycles. The highest BCUT2D eigenvalue weighted by Gasteiger charge is 2.26. The van der Waals surface area contributed by atoms with Crippen molar-refractivity contribution < 1.29 is 14.3 Å². The van der Waals surface area contributed by atoms with Crippen LogP contribution < -0.4 is 10.1 Å². The molecule has 1 N–H and O–H groups in total. The lowest BCUT2D eigenvalue weighted by Crippen LogP contribution is -2.49. The fourth-order valence-corrected chi connectivity index (χ4v) is 2.95. The lowest BCUT2D eigenvalue weighted by atomic mass is 10.1. The molecule has 0 spiro atoms. The summed E-state index contributed by atoms with van der Waals surface area (Å²) in [5, 5.41) is 2.93. The minimum absolute atomic E-state index is 0.110. The lowest BCUT2D eigenvalue weighted by Gasteiger charge is -2.29. The van der Waals surface area contributed by atoms with Crippen LogP contribution in [0.2, 0.25) is 0 Å². The molecule has 156 valence electrons. The zero-order valence-corrected chi connectivity index (χ0v) is 17.9. The van der Waals surface area contributed by atoms with E-state index in [1.807, 2.05) is 62.4 Å². The van der Waals surface area contributed by atoms with Gasteiger partial charge in [-0.15, -0.1) is 0 Å². The number of hydrogen-bond donors (Lipinski definition) is 1. The maximum Gasteiger partial charge on any atom is 0.261 e. The second-order valence-electron chi connectivity index (χ2n) is 7.37. The largest absolute Gasteiger partial charge is 0.484 e. The van der Waals surface area contributed by atoms with Crippen LogP contribution in [0.3, 0.4) is 0 Å². The fourth-order valence-electron chi connectivity index (χ4n) is 2.95. The number of benzene rings is 2. The van der Waals surface area contributed by atoms with E-state index in [9.17, 15) is 9.59 Å². The molecule has 1 atom stereocenters. The Balaban J connectivity index is 2.11. The van der Waals surface area contributed by atoms with Gasteiger partial charge in [0.15, 0.2) is 6.61 Å². The average Bonchev–Trinajstić information content (AvgIpc) is 2.72. The molecule has 0 radical (unpaired) electrons. The van der Waals surface area contributed by atoms with E-state index in [0.717, 1.165) is 29.5 Å². The summed E-state index contributed by atoms with van der Waals surface area (Å²) in [7, 11) is 0. The van der Waals surface area contributed by atoms with Crippen molar-refractivity contribution in [1.82, 2.24) is 10.2 Å². The van der Waals surface area contributed by atoms with Gasteiger partial charge in [0.05, 0.1) is 0 Å². The van der Waals surface area contributed by atoms with Gasteiger partial charge in [-0.2, -0.15) is 0 Å². The maximum absolute atomic E-state index is 13.0. The molecule has 0 saturated carbocycles. The van der Waals surface area contributed by atoms with Crippen LogP contribution in [0.1, 0.15) is 43.4 Å². The first-order chi connectivity index (χ1) is 13.9. The number of ether oxygens (including phenoxy) is 1. The Hall–Kier alpha value is -2.82. The van der Waals surface area contributed by atoms with Gasteiger partial charge in [0.25, 0.3) is 5.91 Å². The summed E-state index contributed by atoms with van der Waals surface area (Å²) in [5.41, 5.74) is 3.23. The number of rotatable bonds is 10. The molecule has 0 aliphatic carbocycles. The molecule has 0 saturated heterocycles. The number of nitrogens with zero attached hydrogens (tertiary/aromatic N) is 1. The topological polar surface area (TPSA) is 58.6 Å².